The standard InChI is InChI=1S/C14H13BrClN5/c1-9(6-21-8-17-7-19-21)20-13-2-3-18-14-11(13)4-10(15)5-12(14)16/h2-5,7-9H,6H2,1H3,(H,18,20). The molecular formula is C14H13BrClN5. The number of hydrogen-bond donors (Lipinski definition) is 1. The van der Waals surface area contributed by atoms with Crippen LogP contribution < -0.4 is 5.32 Å². The average Bonchev–Trinajstić information content (AvgIpc) is 2.92. The highest BCUT2D eigenvalue weighted by molar-refractivity contribution is 9.10. The first-order chi connectivity index (χ1) is 10.1. The quantitative estimate of drug-likeness (QED) is 0.764. The van der Waals surface area contributed by atoms with Gasteiger partial charge >= 0.3 is 0 Å². The van der Waals surface area contributed by atoms with Crippen LogP contribution in [0.5, 0.6) is 0 Å². The van der Waals surface area contributed by atoms with Crippen molar-refractivity contribution in [3.63, 3.8) is 0 Å². The van der Waals surface area contributed by atoms with Crippen molar-refractivity contribution >= 4 is 44.1 Å². The highest BCUT2D eigenvalue weighted by Crippen LogP contribution is 2.31. The van der Waals surface area contributed by atoms with Gasteiger partial charge in [0.1, 0.15) is 12.7 Å². The number of benzene rings is 1. The van der Waals surface area contributed by atoms with Gasteiger partial charge in [-0.05, 0) is 25.1 Å². The van der Waals surface area contributed by atoms with Crippen molar-refractivity contribution in [2.45, 2.75) is 19.5 Å². The van der Waals surface area contributed by atoms with Crippen molar-refractivity contribution in [3.8, 4) is 0 Å². The van der Waals surface area contributed by atoms with E-state index >= 15 is 0 Å². The maximum atomic E-state index is 6.24. The first-order valence-corrected chi connectivity index (χ1v) is 7.63. The monoisotopic (exact) mass is 365 g/mol. The van der Waals surface area contributed by atoms with Crippen LogP contribution in [0, 0.1) is 0 Å². The molecule has 0 aliphatic carbocycles. The Hall–Kier alpha value is -1.66. The van der Waals surface area contributed by atoms with E-state index in [0.717, 1.165) is 27.6 Å². The molecule has 1 atom stereocenters. The lowest BCUT2D eigenvalue weighted by molar-refractivity contribution is 0.560. The van der Waals surface area contributed by atoms with Crippen molar-refractivity contribution in [1.82, 2.24) is 19.7 Å². The third kappa shape index (κ3) is 3.16. The Morgan fingerprint density at radius 1 is 1.43 bits per heavy atom. The van der Waals surface area contributed by atoms with Gasteiger partial charge in [0.15, 0.2) is 0 Å². The smallest absolute Gasteiger partial charge is 0.137 e. The number of rotatable bonds is 4. The molecule has 2 aromatic heterocycles. The Morgan fingerprint density at radius 2 is 2.29 bits per heavy atom. The molecule has 0 amide bonds. The second-order valence-corrected chi connectivity index (χ2v) is 6.13. The summed E-state index contributed by atoms with van der Waals surface area (Å²) in [7, 11) is 0. The van der Waals surface area contributed by atoms with Gasteiger partial charge in [-0.15, -0.1) is 0 Å². The lowest BCUT2D eigenvalue weighted by atomic mass is 10.1. The van der Waals surface area contributed by atoms with E-state index in [9.17, 15) is 0 Å². The van der Waals surface area contributed by atoms with E-state index in [1.54, 1.807) is 17.2 Å². The fourth-order valence-electron chi connectivity index (χ4n) is 2.22. The lowest BCUT2D eigenvalue weighted by Gasteiger charge is -2.17. The molecule has 0 spiro atoms. The van der Waals surface area contributed by atoms with E-state index in [4.69, 9.17) is 11.6 Å². The van der Waals surface area contributed by atoms with Crippen molar-refractivity contribution in [1.29, 1.82) is 0 Å². The first kappa shape index (κ1) is 14.3. The number of hydrogen-bond acceptors (Lipinski definition) is 4. The molecule has 0 bridgehead atoms. The van der Waals surface area contributed by atoms with Gasteiger partial charge in [-0.2, -0.15) is 5.10 Å². The molecule has 1 N–H and O–H groups in total. The molecule has 0 saturated carbocycles. The van der Waals surface area contributed by atoms with Crippen LogP contribution in [0.15, 0.2) is 41.5 Å². The highest BCUT2D eigenvalue weighted by atomic mass is 79.9. The van der Waals surface area contributed by atoms with Crippen LogP contribution in [0.1, 0.15) is 6.92 Å². The third-order valence-electron chi connectivity index (χ3n) is 3.09. The zero-order chi connectivity index (χ0) is 14.8. The first-order valence-electron chi connectivity index (χ1n) is 6.46. The second kappa shape index (κ2) is 5.99. The SMILES string of the molecule is CC(Cn1cncn1)Nc1ccnc2c(Cl)cc(Br)cc12. The van der Waals surface area contributed by atoms with Crippen LogP contribution in [0.3, 0.4) is 0 Å². The van der Waals surface area contributed by atoms with Crippen LogP contribution in [0.2, 0.25) is 5.02 Å². The zero-order valence-corrected chi connectivity index (χ0v) is 13.6. The summed E-state index contributed by atoms with van der Waals surface area (Å²) in [5.74, 6) is 0. The minimum absolute atomic E-state index is 0.190. The number of anilines is 1. The summed E-state index contributed by atoms with van der Waals surface area (Å²) < 4.78 is 2.73. The van der Waals surface area contributed by atoms with E-state index in [0.29, 0.717) is 5.02 Å². The van der Waals surface area contributed by atoms with Gasteiger partial charge in [-0.3, -0.25) is 9.67 Å². The van der Waals surface area contributed by atoms with E-state index in [1.807, 2.05) is 18.2 Å². The number of nitrogens with zero attached hydrogens (tertiary/aromatic N) is 4. The Kier molecular flexibility index (Phi) is 4.07. The predicted octanol–water partition coefficient (Wildman–Crippen LogP) is 3.74. The third-order valence-corrected chi connectivity index (χ3v) is 3.84. The molecule has 108 valence electrons. The molecule has 3 aromatic rings. The minimum Gasteiger partial charge on any atom is -0.380 e. The summed E-state index contributed by atoms with van der Waals surface area (Å²) in [6.45, 7) is 2.82. The van der Waals surface area contributed by atoms with Gasteiger partial charge < -0.3 is 5.32 Å². The molecule has 0 aliphatic heterocycles. The van der Waals surface area contributed by atoms with Gasteiger partial charge in [-0.1, -0.05) is 27.5 Å². The van der Waals surface area contributed by atoms with E-state index in [2.05, 4.69) is 43.2 Å². The summed E-state index contributed by atoms with van der Waals surface area (Å²) in [4.78, 5) is 8.29. The molecule has 21 heavy (non-hydrogen) atoms. The van der Waals surface area contributed by atoms with Crippen LogP contribution in [0.25, 0.3) is 10.9 Å². The largest absolute Gasteiger partial charge is 0.380 e. The summed E-state index contributed by atoms with van der Waals surface area (Å²) in [5.41, 5.74) is 1.79. The molecular weight excluding hydrogens is 354 g/mol. The number of nitrogens with one attached hydrogen (secondary N) is 1. The minimum atomic E-state index is 0.190. The molecule has 2 heterocycles. The lowest BCUT2D eigenvalue weighted by Crippen LogP contribution is -2.22. The van der Waals surface area contributed by atoms with E-state index in [-0.39, 0.29) is 6.04 Å². The van der Waals surface area contributed by atoms with Crippen molar-refractivity contribution < 1.29 is 0 Å². The topological polar surface area (TPSA) is 55.6 Å². The molecule has 0 fully saturated rings. The maximum absolute atomic E-state index is 6.24. The summed E-state index contributed by atoms with van der Waals surface area (Å²) in [5, 5.41) is 9.20. The maximum Gasteiger partial charge on any atom is 0.137 e. The number of fused-ring (bicyclic) bond motifs is 1. The van der Waals surface area contributed by atoms with Gasteiger partial charge in [0, 0.05) is 27.8 Å². The van der Waals surface area contributed by atoms with Crippen LogP contribution in [-0.4, -0.2) is 25.8 Å². The van der Waals surface area contributed by atoms with Crippen LogP contribution in [-0.2, 0) is 6.54 Å². The average molecular weight is 367 g/mol. The summed E-state index contributed by atoms with van der Waals surface area (Å²) in [6, 6.07) is 6.00. The van der Waals surface area contributed by atoms with E-state index in [1.165, 1.54) is 6.33 Å². The molecule has 7 heteroatoms. The molecule has 5 nitrogen and oxygen atoms in total. The van der Waals surface area contributed by atoms with Gasteiger partial charge in [0.2, 0.25) is 0 Å². The van der Waals surface area contributed by atoms with Crippen molar-refractivity contribution in [2.24, 2.45) is 0 Å². The Morgan fingerprint density at radius 3 is 3.05 bits per heavy atom. The fraction of sp³-hybridized carbons (Fsp3) is 0.214. The second-order valence-electron chi connectivity index (χ2n) is 4.81. The van der Waals surface area contributed by atoms with Gasteiger partial charge in [-0.25, -0.2) is 4.98 Å². The van der Waals surface area contributed by atoms with Crippen molar-refractivity contribution in [3.05, 3.63) is 46.5 Å². The van der Waals surface area contributed by atoms with Gasteiger partial charge in [0.05, 0.1) is 17.1 Å². The number of halogens is 2. The number of pyridine rings is 1. The molecule has 0 aliphatic rings. The fourth-order valence-corrected chi connectivity index (χ4v) is 3.08. The molecule has 1 aromatic carbocycles. The molecule has 0 radical (unpaired) electrons. The van der Waals surface area contributed by atoms with Crippen molar-refractivity contribution in [2.75, 3.05) is 5.32 Å². The normalized spacial score (nSPS) is 12.5. The summed E-state index contributed by atoms with van der Waals surface area (Å²) >= 11 is 9.71. The van der Waals surface area contributed by atoms with Crippen LogP contribution in [0.4, 0.5) is 5.69 Å². The van der Waals surface area contributed by atoms with Crippen LogP contribution >= 0.6 is 27.5 Å². The zero-order valence-electron chi connectivity index (χ0n) is 11.3. The molecule has 0 saturated heterocycles. The van der Waals surface area contributed by atoms with E-state index < -0.39 is 0 Å². The number of aromatic nitrogens is 4. The predicted molar refractivity (Wildman–Crippen MR) is 87.6 cm³/mol. The Balaban J connectivity index is 1.90. The molecule has 3 rings (SSSR count). The highest BCUT2D eigenvalue weighted by Gasteiger charge is 2.10. The Bertz CT molecular complexity index is 759. The summed E-state index contributed by atoms with van der Waals surface area (Å²) in [6.07, 6.45) is 4.99. The Labute approximate surface area is 135 Å². The molecule has 1 unspecified atom stereocenters. The van der Waals surface area contributed by atoms with Gasteiger partial charge in [0.25, 0.3) is 0 Å².